The fourth-order valence-electron chi connectivity index (χ4n) is 2.83. The molecule has 0 saturated carbocycles. The molecule has 1 unspecified atom stereocenters. The Balaban J connectivity index is 2.11. The molecular weight excluding hydrogens is 302 g/mol. The average molecular weight is 326 g/mol. The van der Waals surface area contributed by atoms with Crippen molar-refractivity contribution in [2.24, 2.45) is 0 Å². The zero-order valence-corrected chi connectivity index (χ0v) is 14.0. The molecule has 0 N–H and O–H groups in total. The van der Waals surface area contributed by atoms with Crippen molar-refractivity contribution in [2.45, 2.75) is 45.9 Å². The van der Waals surface area contributed by atoms with E-state index in [4.69, 9.17) is 4.74 Å². The first kappa shape index (κ1) is 15.0. The molecule has 106 valence electrons. The van der Waals surface area contributed by atoms with Crippen molar-refractivity contribution < 1.29 is 4.74 Å². The van der Waals surface area contributed by atoms with E-state index in [1.165, 1.54) is 16.7 Å². The monoisotopic (exact) mass is 325 g/mol. The molecule has 0 bridgehead atoms. The van der Waals surface area contributed by atoms with Crippen LogP contribution >= 0.6 is 15.9 Å². The summed E-state index contributed by atoms with van der Waals surface area (Å²) in [6.45, 7) is 11.7. The van der Waals surface area contributed by atoms with Gasteiger partial charge in [0.05, 0.1) is 11.7 Å². The van der Waals surface area contributed by atoms with Crippen LogP contribution in [-0.2, 0) is 11.3 Å². The Hall–Kier alpha value is -0.380. The maximum absolute atomic E-state index is 6.06. The van der Waals surface area contributed by atoms with E-state index < -0.39 is 0 Å². The number of morpholine rings is 1. The molecule has 1 aliphatic rings. The second-order valence-electron chi connectivity index (χ2n) is 6.25. The van der Waals surface area contributed by atoms with Gasteiger partial charge in [-0.1, -0.05) is 39.7 Å². The fraction of sp³-hybridized carbons (Fsp3) is 0.625. The van der Waals surface area contributed by atoms with Crippen molar-refractivity contribution in [3.8, 4) is 0 Å². The highest BCUT2D eigenvalue weighted by molar-refractivity contribution is 9.09. The molecule has 2 rings (SSSR count). The third-order valence-corrected chi connectivity index (χ3v) is 4.34. The molecule has 2 nitrogen and oxygen atoms in total. The summed E-state index contributed by atoms with van der Waals surface area (Å²) >= 11 is 3.55. The smallest absolute Gasteiger partial charge is 0.0806 e. The first-order valence-electron chi connectivity index (χ1n) is 6.92. The molecule has 1 aromatic rings. The third-order valence-electron chi connectivity index (χ3n) is 3.62. The van der Waals surface area contributed by atoms with E-state index in [9.17, 15) is 0 Å². The van der Waals surface area contributed by atoms with Crippen molar-refractivity contribution in [1.29, 1.82) is 0 Å². The quantitative estimate of drug-likeness (QED) is 0.786. The van der Waals surface area contributed by atoms with Gasteiger partial charge in [0.1, 0.15) is 0 Å². The molecule has 0 aromatic heterocycles. The van der Waals surface area contributed by atoms with Gasteiger partial charge in [-0.2, -0.15) is 0 Å². The number of benzene rings is 1. The highest BCUT2D eigenvalue weighted by atomic mass is 79.9. The lowest BCUT2D eigenvalue weighted by molar-refractivity contribution is -0.128. The molecule has 19 heavy (non-hydrogen) atoms. The third kappa shape index (κ3) is 4.04. The molecule has 1 saturated heterocycles. The Morgan fingerprint density at radius 2 is 2.11 bits per heavy atom. The molecule has 1 fully saturated rings. The molecule has 1 atom stereocenters. The number of ether oxygens (including phenoxy) is 1. The Morgan fingerprint density at radius 3 is 2.79 bits per heavy atom. The van der Waals surface area contributed by atoms with Crippen LogP contribution < -0.4 is 0 Å². The van der Waals surface area contributed by atoms with Crippen LogP contribution in [0.4, 0.5) is 0 Å². The Bertz CT molecular complexity index is 444. The van der Waals surface area contributed by atoms with E-state index in [0.29, 0.717) is 0 Å². The van der Waals surface area contributed by atoms with Crippen LogP contribution in [0.2, 0.25) is 0 Å². The summed E-state index contributed by atoms with van der Waals surface area (Å²) < 4.78 is 6.06. The predicted molar refractivity (Wildman–Crippen MR) is 83.9 cm³/mol. The van der Waals surface area contributed by atoms with E-state index >= 15 is 0 Å². The second-order valence-corrected chi connectivity index (χ2v) is 6.90. The number of aryl methyl sites for hydroxylation is 2. The van der Waals surface area contributed by atoms with E-state index in [-0.39, 0.29) is 11.7 Å². The second kappa shape index (κ2) is 5.94. The molecule has 1 aromatic carbocycles. The summed E-state index contributed by atoms with van der Waals surface area (Å²) in [7, 11) is 0. The number of rotatable bonds is 3. The summed E-state index contributed by atoms with van der Waals surface area (Å²) in [6, 6.07) is 6.71. The van der Waals surface area contributed by atoms with Crippen LogP contribution in [0.25, 0.3) is 0 Å². The van der Waals surface area contributed by atoms with Gasteiger partial charge in [0.25, 0.3) is 0 Å². The zero-order chi connectivity index (χ0) is 14.0. The van der Waals surface area contributed by atoms with Crippen LogP contribution in [0, 0.1) is 13.8 Å². The van der Waals surface area contributed by atoms with Gasteiger partial charge in [0, 0.05) is 25.0 Å². The van der Waals surface area contributed by atoms with Gasteiger partial charge in [-0.15, -0.1) is 0 Å². The van der Waals surface area contributed by atoms with Gasteiger partial charge in [0.2, 0.25) is 0 Å². The van der Waals surface area contributed by atoms with Gasteiger partial charge >= 0.3 is 0 Å². The van der Waals surface area contributed by atoms with Gasteiger partial charge in [0.15, 0.2) is 0 Å². The van der Waals surface area contributed by atoms with Crippen molar-refractivity contribution in [3.63, 3.8) is 0 Å². The highest BCUT2D eigenvalue weighted by Crippen LogP contribution is 2.24. The largest absolute Gasteiger partial charge is 0.369 e. The molecular formula is C16H24BrNO. The standard InChI is InChI=1S/C16H24BrNO/c1-12-5-6-13(2)14(7-12)9-18-10-15(8-17)19-16(3,4)11-18/h5-7,15H,8-11H2,1-4H3. The Labute approximate surface area is 125 Å². The highest BCUT2D eigenvalue weighted by Gasteiger charge is 2.32. The number of halogens is 1. The van der Waals surface area contributed by atoms with Crippen molar-refractivity contribution in [3.05, 3.63) is 34.9 Å². The normalized spacial score (nSPS) is 23.5. The maximum atomic E-state index is 6.06. The molecule has 0 aliphatic carbocycles. The lowest BCUT2D eigenvalue weighted by Gasteiger charge is -2.42. The number of alkyl halides is 1. The SMILES string of the molecule is Cc1ccc(C)c(CN2CC(CBr)OC(C)(C)C2)c1. The summed E-state index contributed by atoms with van der Waals surface area (Å²) in [6.07, 6.45) is 0.286. The summed E-state index contributed by atoms with van der Waals surface area (Å²) in [4.78, 5) is 2.51. The predicted octanol–water partition coefficient (Wildman–Crippen LogP) is 3.68. The zero-order valence-electron chi connectivity index (χ0n) is 12.4. The minimum atomic E-state index is -0.0611. The minimum absolute atomic E-state index is 0.0611. The summed E-state index contributed by atoms with van der Waals surface area (Å²) in [5.41, 5.74) is 4.09. The van der Waals surface area contributed by atoms with Gasteiger partial charge in [-0.25, -0.2) is 0 Å². The minimum Gasteiger partial charge on any atom is -0.369 e. The first-order valence-corrected chi connectivity index (χ1v) is 8.04. The number of hydrogen-bond acceptors (Lipinski definition) is 2. The topological polar surface area (TPSA) is 12.5 Å². The van der Waals surface area contributed by atoms with Gasteiger partial charge in [-0.3, -0.25) is 4.90 Å². The molecule has 0 radical (unpaired) electrons. The summed E-state index contributed by atoms with van der Waals surface area (Å²) in [5, 5.41) is 0.903. The molecule has 3 heteroatoms. The van der Waals surface area contributed by atoms with Crippen LogP contribution in [0.15, 0.2) is 18.2 Å². The van der Waals surface area contributed by atoms with Crippen LogP contribution in [0.1, 0.15) is 30.5 Å². The average Bonchev–Trinajstić information content (AvgIpc) is 2.32. The van der Waals surface area contributed by atoms with Gasteiger partial charge < -0.3 is 4.74 Å². The van der Waals surface area contributed by atoms with Crippen molar-refractivity contribution in [1.82, 2.24) is 4.90 Å². The van der Waals surface area contributed by atoms with Crippen LogP contribution in [-0.4, -0.2) is 35.0 Å². The summed E-state index contributed by atoms with van der Waals surface area (Å²) in [5.74, 6) is 0. The van der Waals surface area contributed by atoms with Crippen LogP contribution in [0.3, 0.4) is 0 Å². The number of hydrogen-bond donors (Lipinski definition) is 0. The van der Waals surface area contributed by atoms with Gasteiger partial charge in [-0.05, 0) is 38.8 Å². The fourth-order valence-corrected chi connectivity index (χ4v) is 3.17. The Morgan fingerprint density at radius 1 is 1.37 bits per heavy atom. The Kier molecular flexibility index (Phi) is 4.70. The van der Waals surface area contributed by atoms with E-state index in [0.717, 1.165) is 25.0 Å². The van der Waals surface area contributed by atoms with E-state index in [2.05, 4.69) is 66.7 Å². The lowest BCUT2D eigenvalue weighted by Crippen LogP contribution is -2.52. The van der Waals surface area contributed by atoms with Crippen molar-refractivity contribution in [2.75, 3.05) is 18.4 Å². The molecule has 0 spiro atoms. The first-order chi connectivity index (χ1) is 8.89. The molecule has 0 amide bonds. The molecule has 1 heterocycles. The van der Waals surface area contributed by atoms with Crippen LogP contribution in [0.5, 0.6) is 0 Å². The van der Waals surface area contributed by atoms with E-state index in [1.54, 1.807) is 0 Å². The number of nitrogens with zero attached hydrogens (tertiary/aromatic N) is 1. The lowest BCUT2D eigenvalue weighted by atomic mass is 10.0. The van der Waals surface area contributed by atoms with Crippen molar-refractivity contribution >= 4 is 15.9 Å². The maximum Gasteiger partial charge on any atom is 0.0806 e. The van der Waals surface area contributed by atoms with E-state index in [1.807, 2.05) is 0 Å². The molecule has 1 aliphatic heterocycles.